The van der Waals surface area contributed by atoms with Crippen LogP contribution in [0.25, 0.3) is 10.8 Å². The van der Waals surface area contributed by atoms with Crippen molar-refractivity contribution in [3.63, 3.8) is 0 Å². The Morgan fingerprint density at radius 1 is 0.882 bits per heavy atom. The third-order valence-corrected chi connectivity index (χ3v) is 5.19. The highest BCUT2D eigenvalue weighted by Gasteiger charge is 2.26. The van der Waals surface area contributed by atoms with Crippen molar-refractivity contribution in [2.45, 2.75) is 25.3 Å². The molecule has 0 spiro atoms. The molecule has 3 aromatic rings. The number of para-hydroxylation sites is 1. The van der Waals surface area contributed by atoms with Crippen LogP contribution in [0.3, 0.4) is 0 Å². The van der Waals surface area contributed by atoms with E-state index in [2.05, 4.69) is 10.6 Å². The quantitative estimate of drug-likeness (QED) is 0.198. The summed E-state index contributed by atoms with van der Waals surface area (Å²) in [6.07, 6.45) is 1.27. The highest BCUT2D eigenvalue weighted by molar-refractivity contribution is 6.44. The number of benzene rings is 3. The van der Waals surface area contributed by atoms with Gasteiger partial charge in [0.2, 0.25) is 0 Å². The third-order valence-electron chi connectivity index (χ3n) is 5.19. The van der Waals surface area contributed by atoms with E-state index < -0.39 is 29.6 Å². The maximum Gasteiger partial charge on any atom is 0.326 e. The molecule has 1 atom stereocenters. The number of aliphatic carboxylic acids is 1. The lowest BCUT2D eigenvalue weighted by molar-refractivity contribution is -0.141. The Balaban J connectivity index is 0.00000408. The van der Waals surface area contributed by atoms with Crippen molar-refractivity contribution in [1.29, 1.82) is 0 Å². The molecule has 0 bridgehead atoms. The first kappa shape index (κ1) is 26.5. The second kappa shape index (κ2) is 12.5. The normalized spacial score (nSPS) is 11.2. The van der Waals surface area contributed by atoms with Crippen molar-refractivity contribution in [3.8, 4) is 0 Å². The number of carboxylic acids is 1. The van der Waals surface area contributed by atoms with Gasteiger partial charge in [0, 0.05) is 5.56 Å². The van der Waals surface area contributed by atoms with Crippen LogP contribution in [0.1, 0.15) is 40.0 Å². The number of Topliss-reactive ketones (excluding diaryl/α,β-unsaturated/α-hetero) is 1. The summed E-state index contributed by atoms with van der Waals surface area (Å²) in [5.74, 6) is -3.66. The maximum absolute atomic E-state index is 12.8. The molecule has 3 aromatic carbocycles. The molecule has 0 radical (unpaired) electrons. The van der Waals surface area contributed by atoms with E-state index in [0.29, 0.717) is 24.9 Å². The molecule has 34 heavy (non-hydrogen) atoms. The number of carbonyl (C=O) groups excluding carboxylic acids is 3. The molecule has 0 saturated carbocycles. The molecular formula is C25H26ClN3O5. The number of amides is 2. The zero-order valence-corrected chi connectivity index (χ0v) is 19.1. The molecule has 0 saturated heterocycles. The van der Waals surface area contributed by atoms with Crippen molar-refractivity contribution in [2.75, 3.05) is 11.9 Å². The molecule has 0 aliphatic rings. The second-order valence-corrected chi connectivity index (χ2v) is 7.54. The van der Waals surface area contributed by atoms with Crippen LogP contribution in [0.2, 0.25) is 0 Å². The van der Waals surface area contributed by atoms with E-state index in [0.717, 1.165) is 10.8 Å². The summed E-state index contributed by atoms with van der Waals surface area (Å²) in [7, 11) is 0. The van der Waals surface area contributed by atoms with E-state index in [1.54, 1.807) is 24.3 Å². The summed E-state index contributed by atoms with van der Waals surface area (Å²) in [5.41, 5.74) is 5.94. The van der Waals surface area contributed by atoms with Gasteiger partial charge in [0.25, 0.3) is 17.6 Å². The number of carboxylic acid groups (broad SMARTS) is 1. The predicted octanol–water partition coefficient (Wildman–Crippen LogP) is 3.40. The minimum absolute atomic E-state index is 0. The van der Waals surface area contributed by atoms with E-state index in [9.17, 15) is 24.3 Å². The van der Waals surface area contributed by atoms with Crippen LogP contribution in [0.15, 0.2) is 66.7 Å². The Morgan fingerprint density at radius 2 is 1.56 bits per heavy atom. The van der Waals surface area contributed by atoms with Gasteiger partial charge in [-0.3, -0.25) is 14.4 Å². The average Bonchev–Trinajstić information content (AvgIpc) is 2.82. The van der Waals surface area contributed by atoms with Crippen molar-refractivity contribution >= 4 is 52.4 Å². The van der Waals surface area contributed by atoms with Gasteiger partial charge >= 0.3 is 5.97 Å². The van der Waals surface area contributed by atoms with Crippen molar-refractivity contribution in [2.24, 2.45) is 5.73 Å². The molecule has 0 heterocycles. The third kappa shape index (κ3) is 6.63. The zero-order chi connectivity index (χ0) is 23.8. The maximum atomic E-state index is 12.8. The van der Waals surface area contributed by atoms with Gasteiger partial charge in [-0.2, -0.15) is 0 Å². The minimum atomic E-state index is -1.23. The summed E-state index contributed by atoms with van der Waals surface area (Å²) in [4.78, 5) is 49.5. The number of hydrogen-bond acceptors (Lipinski definition) is 5. The fourth-order valence-corrected chi connectivity index (χ4v) is 3.41. The van der Waals surface area contributed by atoms with E-state index in [1.165, 1.54) is 12.1 Å². The standard InChI is InChI=1S/C25H25N3O5.ClH/c26-14-6-5-11-21(25(32)33)28-24(31)22(29)19-9-3-4-10-20(19)27-23(30)18-13-12-16-7-1-2-8-17(16)15-18;/h1-4,7-10,12-13,15,21H,5-6,11,14,26H2,(H,27,30)(H,28,31)(H,32,33);1H. The lowest BCUT2D eigenvalue weighted by atomic mass is 10.0. The second-order valence-electron chi connectivity index (χ2n) is 7.54. The number of ketones is 1. The van der Waals surface area contributed by atoms with Gasteiger partial charge in [0.15, 0.2) is 0 Å². The van der Waals surface area contributed by atoms with Gasteiger partial charge in [-0.15, -0.1) is 12.4 Å². The number of fused-ring (bicyclic) bond motifs is 1. The zero-order valence-electron chi connectivity index (χ0n) is 18.3. The molecule has 8 nitrogen and oxygen atoms in total. The Bertz CT molecular complexity index is 1200. The number of nitrogens with one attached hydrogen (secondary N) is 2. The molecule has 0 aliphatic heterocycles. The van der Waals surface area contributed by atoms with Crippen molar-refractivity contribution < 1.29 is 24.3 Å². The lowest BCUT2D eigenvalue weighted by Gasteiger charge is -2.15. The Hall–Kier alpha value is -3.75. The Labute approximate surface area is 202 Å². The van der Waals surface area contributed by atoms with Crippen LogP contribution in [0.5, 0.6) is 0 Å². The molecule has 178 valence electrons. The van der Waals surface area contributed by atoms with Crippen LogP contribution in [0, 0.1) is 0 Å². The van der Waals surface area contributed by atoms with Gasteiger partial charge in [0.1, 0.15) is 6.04 Å². The summed E-state index contributed by atoms with van der Waals surface area (Å²) in [5, 5.41) is 16.2. The summed E-state index contributed by atoms with van der Waals surface area (Å²) in [6, 6.07) is 17.7. The van der Waals surface area contributed by atoms with Gasteiger partial charge in [0.05, 0.1) is 11.3 Å². The smallest absolute Gasteiger partial charge is 0.326 e. The lowest BCUT2D eigenvalue weighted by Crippen LogP contribution is -2.44. The molecule has 1 unspecified atom stereocenters. The van der Waals surface area contributed by atoms with Gasteiger partial charge in [-0.25, -0.2) is 4.79 Å². The van der Waals surface area contributed by atoms with E-state index in [4.69, 9.17) is 5.73 Å². The summed E-state index contributed by atoms with van der Waals surface area (Å²) >= 11 is 0. The molecule has 0 aromatic heterocycles. The van der Waals surface area contributed by atoms with Crippen molar-refractivity contribution in [3.05, 3.63) is 77.9 Å². The highest BCUT2D eigenvalue weighted by Crippen LogP contribution is 2.20. The number of carbonyl (C=O) groups is 4. The fraction of sp³-hybridized carbons (Fsp3) is 0.200. The van der Waals surface area contributed by atoms with Crippen LogP contribution < -0.4 is 16.4 Å². The van der Waals surface area contributed by atoms with E-state index in [1.807, 2.05) is 30.3 Å². The molecule has 3 rings (SSSR count). The van der Waals surface area contributed by atoms with Crippen LogP contribution in [-0.2, 0) is 9.59 Å². The SMILES string of the molecule is Cl.NCCCCC(NC(=O)C(=O)c1ccccc1NC(=O)c1ccc2ccccc2c1)C(=O)O. The first-order chi connectivity index (χ1) is 15.9. The molecule has 9 heteroatoms. The predicted molar refractivity (Wildman–Crippen MR) is 132 cm³/mol. The first-order valence-corrected chi connectivity index (χ1v) is 10.6. The average molecular weight is 484 g/mol. The largest absolute Gasteiger partial charge is 0.480 e. The van der Waals surface area contributed by atoms with Crippen LogP contribution >= 0.6 is 12.4 Å². The topological polar surface area (TPSA) is 139 Å². The van der Waals surface area contributed by atoms with Gasteiger partial charge < -0.3 is 21.5 Å². The summed E-state index contributed by atoms with van der Waals surface area (Å²) in [6.45, 7) is 0.406. The van der Waals surface area contributed by atoms with Crippen LogP contribution in [0.4, 0.5) is 5.69 Å². The monoisotopic (exact) mass is 483 g/mol. The Kier molecular flexibility index (Phi) is 9.73. The molecule has 0 aliphatic carbocycles. The van der Waals surface area contributed by atoms with E-state index in [-0.39, 0.29) is 30.1 Å². The number of unbranched alkanes of at least 4 members (excludes halogenated alkanes) is 1. The fourth-order valence-electron chi connectivity index (χ4n) is 3.41. The number of rotatable bonds is 10. The highest BCUT2D eigenvalue weighted by atomic mass is 35.5. The number of halogens is 1. The first-order valence-electron chi connectivity index (χ1n) is 10.6. The molecular weight excluding hydrogens is 458 g/mol. The number of anilines is 1. The molecule has 0 fully saturated rings. The summed E-state index contributed by atoms with van der Waals surface area (Å²) < 4.78 is 0. The molecule has 2 amide bonds. The molecule has 5 N–H and O–H groups in total. The van der Waals surface area contributed by atoms with E-state index >= 15 is 0 Å². The number of hydrogen-bond donors (Lipinski definition) is 4. The Morgan fingerprint density at radius 3 is 2.26 bits per heavy atom. The van der Waals surface area contributed by atoms with Gasteiger partial charge in [-0.1, -0.05) is 42.5 Å². The van der Waals surface area contributed by atoms with Crippen LogP contribution in [-0.4, -0.2) is 41.3 Å². The minimum Gasteiger partial charge on any atom is -0.480 e. The van der Waals surface area contributed by atoms with Crippen molar-refractivity contribution in [1.82, 2.24) is 5.32 Å². The number of nitrogens with two attached hydrogens (primary N) is 1. The van der Waals surface area contributed by atoms with Gasteiger partial charge in [-0.05, 0) is 60.8 Å².